The number of hydroxylamine groups is 2. The molecule has 35 heavy (non-hydrogen) atoms. The lowest BCUT2D eigenvalue weighted by Crippen LogP contribution is -2.78. The molecule has 3 atom stereocenters. The van der Waals surface area contributed by atoms with Gasteiger partial charge >= 0.3 is 0 Å². The van der Waals surface area contributed by atoms with E-state index in [2.05, 4.69) is 48.8 Å². The van der Waals surface area contributed by atoms with Crippen LogP contribution in [-0.4, -0.2) is 38.8 Å². The van der Waals surface area contributed by atoms with Crippen molar-refractivity contribution in [3.63, 3.8) is 0 Å². The Morgan fingerprint density at radius 2 is 2.00 bits per heavy atom. The minimum Gasteiger partial charge on any atom is -0.493 e. The molecule has 3 aliphatic rings. The molecule has 0 aliphatic carbocycles. The van der Waals surface area contributed by atoms with E-state index in [1.165, 1.54) is 6.33 Å². The summed E-state index contributed by atoms with van der Waals surface area (Å²) in [6, 6.07) is 14.7. The summed E-state index contributed by atoms with van der Waals surface area (Å²) in [6.07, 6.45) is 4.22. The quantitative estimate of drug-likeness (QED) is 0.417. The molecule has 1 unspecified atom stereocenters. The predicted molar refractivity (Wildman–Crippen MR) is 132 cm³/mol. The molecule has 180 valence electrons. The van der Waals surface area contributed by atoms with Crippen LogP contribution in [0, 0.1) is 17.2 Å². The maximum Gasteiger partial charge on any atom is 0.146 e. The molecular weight excluding hydrogens is 464 g/mol. The van der Waals surface area contributed by atoms with E-state index in [0.29, 0.717) is 45.7 Å². The van der Waals surface area contributed by atoms with Gasteiger partial charge in [-0.15, -0.1) is 0 Å². The topological polar surface area (TPSA) is 80.5 Å². The van der Waals surface area contributed by atoms with Gasteiger partial charge in [0.05, 0.1) is 22.9 Å². The molecule has 7 nitrogen and oxygen atoms in total. The zero-order chi connectivity index (χ0) is 24.8. The van der Waals surface area contributed by atoms with E-state index in [0.717, 1.165) is 6.42 Å². The fourth-order valence-corrected chi connectivity index (χ4v) is 5.59. The smallest absolute Gasteiger partial charge is 0.146 e. The van der Waals surface area contributed by atoms with Gasteiger partial charge in [-0.05, 0) is 58.4 Å². The number of aromatic nitrogens is 2. The molecule has 3 aliphatic heterocycles. The third-order valence-corrected chi connectivity index (χ3v) is 7.06. The number of nitriles is 1. The van der Waals surface area contributed by atoms with Gasteiger partial charge in [0, 0.05) is 29.3 Å². The van der Waals surface area contributed by atoms with Gasteiger partial charge in [0.25, 0.3) is 0 Å². The van der Waals surface area contributed by atoms with E-state index < -0.39 is 0 Å². The van der Waals surface area contributed by atoms with Crippen molar-refractivity contribution in [1.29, 1.82) is 5.26 Å². The number of benzene rings is 2. The lowest BCUT2D eigenvalue weighted by molar-refractivity contribution is -0.449. The number of hydrogen-bond acceptors (Lipinski definition) is 7. The van der Waals surface area contributed by atoms with Gasteiger partial charge in [0.2, 0.25) is 0 Å². The van der Waals surface area contributed by atoms with Gasteiger partial charge in [-0.25, -0.2) is 9.97 Å². The van der Waals surface area contributed by atoms with Gasteiger partial charge in [-0.2, -0.15) is 10.3 Å². The summed E-state index contributed by atoms with van der Waals surface area (Å²) in [5, 5.41) is 12.3. The molecule has 1 aromatic heterocycles. The summed E-state index contributed by atoms with van der Waals surface area (Å²) in [5.41, 5.74) is 1.63. The highest BCUT2D eigenvalue weighted by Crippen LogP contribution is 2.51. The van der Waals surface area contributed by atoms with Crippen molar-refractivity contribution in [2.45, 2.75) is 51.3 Å². The molecule has 0 saturated carbocycles. The number of ether oxygens (including phenoxy) is 2. The summed E-state index contributed by atoms with van der Waals surface area (Å²) in [7, 11) is 0. The summed E-state index contributed by atoms with van der Waals surface area (Å²) < 4.78 is 12.2. The molecule has 2 bridgehead atoms. The zero-order valence-corrected chi connectivity index (χ0v) is 20.9. The molecular formula is C27H27ClN4O3. The van der Waals surface area contributed by atoms with E-state index in [-0.39, 0.29) is 23.1 Å². The standard InChI is InChI=1S/C27H27ClN4O3/c1-26(2)13-17(25-27(3,4)32(26)35-25)15-33-18-8-9-24(21(28)12-18)34-23-7-5-6-19(20(23)14-29)22-10-11-30-16-31-22/h5-12,16-17,25H,13,15H2,1-4H3/t17-,25+/m0/s1. The number of rotatable bonds is 6. The lowest BCUT2D eigenvalue weighted by atomic mass is 9.71. The van der Waals surface area contributed by atoms with E-state index in [1.807, 2.05) is 18.2 Å². The predicted octanol–water partition coefficient (Wildman–Crippen LogP) is 6.03. The summed E-state index contributed by atoms with van der Waals surface area (Å²) in [6.45, 7) is 9.38. The molecule has 6 rings (SSSR count). The highest BCUT2D eigenvalue weighted by atomic mass is 35.5. The number of nitrogens with zero attached hydrogens (tertiary/aromatic N) is 4. The number of halogens is 1. The van der Waals surface area contributed by atoms with Crippen molar-refractivity contribution >= 4 is 11.6 Å². The monoisotopic (exact) mass is 490 g/mol. The molecule has 3 fully saturated rings. The van der Waals surface area contributed by atoms with Crippen LogP contribution in [0.25, 0.3) is 11.3 Å². The second-order valence-electron chi connectivity index (χ2n) is 10.1. The van der Waals surface area contributed by atoms with E-state index >= 15 is 0 Å². The van der Waals surface area contributed by atoms with Gasteiger partial charge in [0.1, 0.15) is 41.3 Å². The van der Waals surface area contributed by atoms with Crippen molar-refractivity contribution in [2.75, 3.05) is 6.61 Å². The van der Waals surface area contributed by atoms with Crippen LogP contribution in [0.15, 0.2) is 55.0 Å². The van der Waals surface area contributed by atoms with Gasteiger partial charge in [-0.1, -0.05) is 23.7 Å². The first-order valence-electron chi connectivity index (χ1n) is 11.6. The number of hydrogen-bond donors (Lipinski definition) is 0. The fourth-order valence-electron chi connectivity index (χ4n) is 5.38. The second-order valence-corrected chi connectivity index (χ2v) is 10.5. The summed E-state index contributed by atoms with van der Waals surface area (Å²) >= 11 is 6.54. The van der Waals surface area contributed by atoms with Crippen molar-refractivity contribution in [3.05, 3.63) is 65.6 Å². The third-order valence-electron chi connectivity index (χ3n) is 6.76. The maximum atomic E-state index is 9.80. The maximum absolute atomic E-state index is 9.80. The average Bonchev–Trinajstić information content (AvgIpc) is 2.83. The first-order chi connectivity index (χ1) is 16.7. The minimum atomic E-state index is -0.0413. The van der Waals surface area contributed by atoms with Crippen LogP contribution < -0.4 is 9.47 Å². The van der Waals surface area contributed by atoms with Crippen molar-refractivity contribution in [1.82, 2.24) is 15.0 Å². The van der Waals surface area contributed by atoms with Crippen LogP contribution in [-0.2, 0) is 4.84 Å². The van der Waals surface area contributed by atoms with Crippen LogP contribution in [0.5, 0.6) is 17.2 Å². The molecule has 8 heteroatoms. The van der Waals surface area contributed by atoms with Crippen LogP contribution in [0.4, 0.5) is 0 Å². The Balaban J connectivity index is 1.31. The Kier molecular flexibility index (Phi) is 5.92. The summed E-state index contributed by atoms with van der Waals surface area (Å²) in [5.74, 6) is 1.78. The Hall–Kier alpha value is -3.18. The molecule has 0 amide bonds. The normalized spacial score (nSPS) is 23.6. The van der Waals surface area contributed by atoms with E-state index in [4.69, 9.17) is 25.9 Å². The van der Waals surface area contributed by atoms with Crippen LogP contribution in [0.1, 0.15) is 39.7 Å². The first-order valence-corrected chi connectivity index (χ1v) is 12.0. The zero-order valence-electron chi connectivity index (χ0n) is 20.2. The third kappa shape index (κ3) is 4.23. The number of piperidine rings is 1. The van der Waals surface area contributed by atoms with Crippen molar-refractivity contribution in [2.24, 2.45) is 5.92 Å². The van der Waals surface area contributed by atoms with Gasteiger partial charge in [-0.3, -0.25) is 4.84 Å². The van der Waals surface area contributed by atoms with Crippen LogP contribution in [0.2, 0.25) is 5.02 Å². The first kappa shape index (κ1) is 23.6. The molecule has 0 N–H and O–H groups in total. The molecule has 0 radical (unpaired) electrons. The van der Waals surface area contributed by atoms with Crippen LogP contribution in [0.3, 0.4) is 0 Å². The second kappa shape index (κ2) is 8.80. The van der Waals surface area contributed by atoms with Gasteiger partial charge in [0.15, 0.2) is 0 Å². The van der Waals surface area contributed by atoms with Crippen LogP contribution >= 0.6 is 11.6 Å². The van der Waals surface area contributed by atoms with E-state index in [1.54, 1.807) is 30.5 Å². The SMILES string of the molecule is CC1(C)C[C@@H](COc2ccc(Oc3cccc(-c4ccncn4)c3C#N)c(Cl)c2)[C@H]2ON1C2(C)C. The molecule has 3 saturated heterocycles. The lowest BCUT2D eigenvalue weighted by Gasteiger charge is -2.66. The Labute approximate surface area is 210 Å². The Morgan fingerprint density at radius 3 is 2.66 bits per heavy atom. The molecule has 3 aromatic rings. The largest absolute Gasteiger partial charge is 0.493 e. The number of fused-ring (bicyclic) bond motifs is 2. The summed E-state index contributed by atoms with van der Waals surface area (Å²) in [4.78, 5) is 14.2. The highest BCUT2D eigenvalue weighted by Gasteiger charge is 2.62. The molecule has 4 heterocycles. The Morgan fingerprint density at radius 1 is 1.17 bits per heavy atom. The van der Waals surface area contributed by atoms with Crippen molar-refractivity contribution in [3.8, 4) is 34.6 Å². The Bertz CT molecular complexity index is 1280. The highest BCUT2D eigenvalue weighted by molar-refractivity contribution is 6.32. The minimum absolute atomic E-state index is 0.0100. The van der Waals surface area contributed by atoms with E-state index in [9.17, 15) is 5.26 Å². The molecule has 2 aromatic carbocycles. The fraction of sp³-hybridized carbons (Fsp3) is 0.370. The van der Waals surface area contributed by atoms with Crippen molar-refractivity contribution < 1.29 is 14.3 Å². The molecule has 0 spiro atoms. The average molecular weight is 491 g/mol. The van der Waals surface area contributed by atoms with Gasteiger partial charge < -0.3 is 9.47 Å².